The van der Waals surface area contributed by atoms with Crippen LogP contribution in [0, 0.1) is 0 Å². The van der Waals surface area contributed by atoms with Gasteiger partial charge in [-0.05, 0) is 25.1 Å². The molecule has 0 spiro atoms. The fourth-order valence-electron chi connectivity index (χ4n) is 2.13. The summed E-state index contributed by atoms with van der Waals surface area (Å²) in [5, 5.41) is 0. The number of hydrogen-bond acceptors (Lipinski definition) is 6. The Kier molecular flexibility index (Phi) is 3.87. The predicted octanol–water partition coefficient (Wildman–Crippen LogP) is 2.03. The first-order valence-corrected chi connectivity index (χ1v) is 6.87. The molecule has 0 unspecified atom stereocenters. The maximum atomic E-state index is 5.84. The molecule has 0 radical (unpaired) electrons. The topological polar surface area (TPSA) is 79.5 Å². The molecule has 0 amide bonds. The lowest BCUT2D eigenvalue weighted by atomic mass is 10.1. The van der Waals surface area contributed by atoms with Crippen molar-refractivity contribution in [2.24, 2.45) is 0 Å². The Labute approximate surface area is 122 Å². The highest BCUT2D eigenvalue weighted by atomic mass is 16.6. The van der Waals surface area contributed by atoms with Gasteiger partial charge in [-0.1, -0.05) is 0 Å². The normalized spacial score (nSPS) is 13.2. The van der Waals surface area contributed by atoms with E-state index in [9.17, 15) is 0 Å². The molecule has 1 aliphatic heterocycles. The Hall–Kier alpha value is -2.34. The summed E-state index contributed by atoms with van der Waals surface area (Å²) in [7, 11) is 0. The Morgan fingerprint density at radius 3 is 2.76 bits per heavy atom. The highest BCUT2D eigenvalue weighted by Crippen LogP contribution is 2.34. The molecular weight excluding hydrogens is 270 g/mol. The average molecular weight is 287 g/mol. The second-order valence-electron chi connectivity index (χ2n) is 4.59. The molecule has 0 fully saturated rings. The number of nitrogens with two attached hydrogens (primary N) is 1. The summed E-state index contributed by atoms with van der Waals surface area (Å²) >= 11 is 0. The van der Waals surface area contributed by atoms with Crippen LogP contribution in [0.15, 0.2) is 24.3 Å². The average Bonchev–Trinajstić information content (AvgIpc) is 2.52. The van der Waals surface area contributed by atoms with Crippen molar-refractivity contribution in [2.75, 3.05) is 25.6 Å². The van der Waals surface area contributed by atoms with Gasteiger partial charge in [0.25, 0.3) is 0 Å². The lowest BCUT2D eigenvalue weighted by Crippen LogP contribution is -2.15. The number of ether oxygens (including phenoxy) is 3. The van der Waals surface area contributed by atoms with Gasteiger partial charge in [-0.2, -0.15) is 0 Å². The zero-order valence-corrected chi connectivity index (χ0v) is 11.8. The van der Waals surface area contributed by atoms with Gasteiger partial charge in [-0.25, -0.2) is 9.97 Å². The highest BCUT2D eigenvalue weighted by molar-refractivity contribution is 5.66. The number of rotatable bonds is 4. The van der Waals surface area contributed by atoms with Crippen molar-refractivity contribution in [1.82, 2.24) is 9.97 Å². The van der Waals surface area contributed by atoms with Gasteiger partial charge in [-0.15, -0.1) is 0 Å². The molecular formula is C15H17N3O3. The molecule has 2 heterocycles. The van der Waals surface area contributed by atoms with E-state index < -0.39 is 0 Å². The lowest BCUT2D eigenvalue weighted by molar-refractivity contribution is 0.128. The third-order valence-corrected chi connectivity index (χ3v) is 3.07. The molecule has 0 saturated carbocycles. The number of aromatic nitrogens is 2. The van der Waals surface area contributed by atoms with Crippen LogP contribution in [0.4, 0.5) is 5.82 Å². The highest BCUT2D eigenvalue weighted by Gasteiger charge is 2.13. The Balaban J connectivity index is 1.94. The lowest BCUT2D eigenvalue weighted by Gasteiger charge is -2.18. The summed E-state index contributed by atoms with van der Waals surface area (Å²) in [6.07, 6.45) is 0. The van der Waals surface area contributed by atoms with Gasteiger partial charge in [0.2, 0.25) is 0 Å². The molecule has 2 aromatic rings. The van der Waals surface area contributed by atoms with E-state index in [1.165, 1.54) is 0 Å². The van der Waals surface area contributed by atoms with Crippen molar-refractivity contribution in [3.63, 3.8) is 0 Å². The number of fused-ring (bicyclic) bond motifs is 1. The minimum atomic E-state index is 0.346. The van der Waals surface area contributed by atoms with Gasteiger partial charge in [0.05, 0.1) is 5.69 Å². The van der Waals surface area contributed by atoms with E-state index in [1.807, 2.05) is 25.1 Å². The standard InChI is InChI=1S/C15H17N3O3/c1-2-19-9-15-17-11(8-14(16)18-15)10-3-4-12-13(7-10)21-6-5-20-12/h3-4,7-8H,2,5-6,9H2,1H3,(H2,16,17,18). The summed E-state index contributed by atoms with van der Waals surface area (Å²) in [6.45, 7) is 4.01. The van der Waals surface area contributed by atoms with Gasteiger partial charge < -0.3 is 19.9 Å². The largest absolute Gasteiger partial charge is 0.486 e. The van der Waals surface area contributed by atoms with E-state index in [-0.39, 0.29) is 0 Å². The van der Waals surface area contributed by atoms with E-state index in [0.29, 0.717) is 38.1 Å². The van der Waals surface area contributed by atoms with Crippen LogP contribution in [0.5, 0.6) is 11.5 Å². The molecule has 0 aliphatic carbocycles. The predicted molar refractivity (Wildman–Crippen MR) is 78.2 cm³/mol. The van der Waals surface area contributed by atoms with Crippen molar-refractivity contribution in [3.8, 4) is 22.8 Å². The van der Waals surface area contributed by atoms with Gasteiger partial charge in [0.15, 0.2) is 17.3 Å². The smallest absolute Gasteiger partial charge is 0.162 e. The van der Waals surface area contributed by atoms with E-state index in [2.05, 4.69) is 9.97 Å². The van der Waals surface area contributed by atoms with Crippen LogP contribution in [0.2, 0.25) is 0 Å². The SMILES string of the molecule is CCOCc1nc(N)cc(-c2ccc3c(c2)OCCO3)n1. The van der Waals surface area contributed by atoms with E-state index in [0.717, 1.165) is 22.8 Å². The first kappa shape index (κ1) is 13.6. The second kappa shape index (κ2) is 5.97. The molecule has 0 atom stereocenters. The first-order valence-electron chi connectivity index (χ1n) is 6.87. The molecule has 21 heavy (non-hydrogen) atoms. The van der Waals surface area contributed by atoms with Crippen LogP contribution in [-0.2, 0) is 11.3 Å². The monoisotopic (exact) mass is 287 g/mol. The Morgan fingerprint density at radius 1 is 1.14 bits per heavy atom. The zero-order chi connectivity index (χ0) is 14.7. The van der Waals surface area contributed by atoms with Crippen LogP contribution in [-0.4, -0.2) is 29.8 Å². The maximum absolute atomic E-state index is 5.84. The van der Waals surface area contributed by atoms with Gasteiger partial charge in [0, 0.05) is 18.2 Å². The number of benzene rings is 1. The summed E-state index contributed by atoms with van der Waals surface area (Å²) in [5.74, 6) is 2.47. The van der Waals surface area contributed by atoms with Crippen LogP contribution in [0.3, 0.4) is 0 Å². The molecule has 0 saturated heterocycles. The Bertz CT molecular complexity index is 646. The third-order valence-electron chi connectivity index (χ3n) is 3.07. The summed E-state index contributed by atoms with van der Waals surface area (Å²) in [5.41, 5.74) is 7.50. The molecule has 6 nitrogen and oxygen atoms in total. The van der Waals surface area contributed by atoms with Crippen molar-refractivity contribution in [2.45, 2.75) is 13.5 Å². The number of nitrogens with zero attached hydrogens (tertiary/aromatic N) is 2. The molecule has 1 aromatic heterocycles. The molecule has 1 aliphatic rings. The van der Waals surface area contributed by atoms with Crippen molar-refractivity contribution < 1.29 is 14.2 Å². The van der Waals surface area contributed by atoms with Gasteiger partial charge >= 0.3 is 0 Å². The van der Waals surface area contributed by atoms with Crippen LogP contribution in [0.25, 0.3) is 11.3 Å². The summed E-state index contributed by atoms with van der Waals surface area (Å²) in [6, 6.07) is 7.45. The number of nitrogen functional groups attached to an aromatic ring is 1. The van der Waals surface area contributed by atoms with Crippen LogP contribution >= 0.6 is 0 Å². The zero-order valence-electron chi connectivity index (χ0n) is 11.8. The molecule has 0 bridgehead atoms. The van der Waals surface area contributed by atoms with Crippen molar-refractivity contribution in [1.29, 1.82) is 0 Å². The maximum Gasteiger partial charge on any atom is 0.162 e. The first-order chi connectivity index (χ1) is 10.3. The third kappa shape index (κ3) is 3.05. The van der Waals surface area contributed by atoms with Crippen LogP contribution in [0.1, 0.15) is 12.7 Å². The minimum Gasteiger partial charge on any atom is -0.486 e. The quantitative estimate of drug-likeness (QED) is 0.927. The van der Waals surface area contributed by atoms with Crippen molar-refractivity contribution in [3.05, 3.63) is 30.1 Å². The second-order valence-corrected chi connectivity index (χ2v) is 4.59. The fourth-order valence-corrected chi connectivity index (χ4v) is 2.13. The van der Waals surface area contributed by atoms with E-state index in [4.69, 9.17) is 19.9 Å². The van der Waals surface area contributed by atoms with E-state index >= 15 is 0 Å². The van der Waals surface area contributed by atoms with Gasteiger partial charge in [-0.3, -0.25) is 0 Å². The molecule has 3 rings (SSSR count). The molecule has 110 valence electrons. The molecule has 2 N–H and O–H groups in total. The van der Waals surface area contributed by atoms with Crippen molar-refractivity contribution >= 4 is 5.82 Å². The summed E-state index contributed by atoms with van der Waals surface area (Å²) in [4.78, 5) is 8.65. The molecule has 1 aromatic carbocycles. The van der Waals surface area contributed by atoms with E-state index in [1.54, 1.807) is 6.07 Å². The number of hydrogen-bond donors (Lipinski definition) is 1. The Morgan fingerprint density at radius 2 is 1.95 bits per heavy atom. The van der Waals surface area contributed by atoms with Crippen LogP contribution < -0.4 is 15.2 Å². The number of anilines is 1. The minimum absolute atomic E-state index is 0.346. The fraction of sp³-hybridized carbons (Fsp3) is 0.333. The summed E-state index contributed by atoms with van der Waals surface area (Å²) < 4.78 is 16.4. The van der Waals surface area contributed by atoms with Gasteiger partial charge in [0.1, 0.15) is 25.6 Å². The molecule has 6 heteroatoms.